The number of aliphatic imine (C=N–C) groups is 2. The molecular weight excluding hydrogens is 1130 g/mol. The van der Waals surface area contributed by atoms with Gasteiger partial charge in [-0.15, -0.1) is 0 Å². The number of nitrogens with zero attached hydrogens (tertiary/aromatic N) is 3. The van der Waals surface area contributed by atoms with E-state index in [1.807, 2.05) is 26.0 Å². The van der Waals surface area contributed by atoms with Crippen molar-refractivity contribution in [2.45, 2.75) is 154 Å². The van der Waals surface area contributed by atoms with E-state index in [9.17, 15) is 52.3 Å². The number of guanidine groups is 2. The van der Waals surface area contributed by atoms with Crippen molar-refractivity contribution in [1.82, 2.24) is 42.1 Å². The van der Waals surface area contributed by atoms with E-state index >= 15 is 0 Å². The summed E-state index contributed by atoms with van der Waals surface area (Å²) >= 11 is 0. The summed E-state index contributed by atoms with van der Waals surface area (Å²) in [5.41, 5.74) is 35.6. The first-order chi connectivity index (χ1) is 41.3. The van der Waals surface area contributed by atoms with Crippen LogP contribution in [0.5, 0.6) is 5.75 Å². The molecule has 3 aromatic rings. The lowest BCUT2D eigenvalue weighted by Gasteiger charge is -2.31. The van der Waals surface area contributed by atoms with Crippen LogP contribution < -0.4 is 76.4 Å². The van der Waals surface area contributed by atoms with Crippen LogP contribution in [0.3, 0.4) is 0 Å². The molecule has 1 fully saturated rings. The Bertz CT molecular complexity index is 2900. The quantitative estimate of drug-likeness (QED) is 0.0181. The number of amides is 10. The average molecular weight is 1210 g/mol. The highest BCUT2D eigenvalue weighted by molar-refractivity contribution is 5.99. The normalized spacial score (nSPS) is 15.1. The zero-order chi connectivity index (χ0) is 64.3. The molecular formula is C59H85FN16O11. The third-order valence-electron chi connectivity index (χ3n) is 14.1. The number of hydrogen-bond acceptors (Lipinski definition) is 13. The van der Waals surface area contributed by atoms with Crippen molar-refractivity contribution in [2.75, 3.05) is 26.2 Å². The Kier molecular flexibility index (Phi) is 28.3. The maximum Gasteiger partial charge on any atom is 0.245 e. The highest BCUT2D eigenvalue weighted by Crippen LogP contribution is 2.21. The number of likely N-dealkylation sites (tertiary alicyclic amines) is 1. The fourth-order valence-corrected chi connectivity index (χ4v) is 9.48. The first-order valence-corrected chi connectivity index (χ1v) is 28.9. The number of carbonyl (C=O) groups is 10. The molecule has 19 N–H and O–H groups in total. The Morgan fingerprint density at radius 1 is 0.598 bits per heavy atom. The van der Waals surface area contributed by atoms with Crippen molar-refractivity contribution in [3.8, 4) is 5.75 Å². The third kappa shape index (κ3) is 23.9. The number of hydrogen-bond donors (Lipinski definition) is 13. The molecule has 1 saturated heterocycles. The van der Waals surface area contributed by atoms with Gasteiger partial charge in [-0.2, -0.15) is 0 Å². The SMILES string of the molecule is CCOc1ccc(C[C@@H](NC(=O)Cc2ccc(C)cc2)C(=O)N[C@@H](Cc2ccc(F)cc2)C(=O)N[C@H](C(=O)N[C@@H](CC(N)=O)C(=O)N[C@@H](CC)C(=O)N2CCC[C@H]2C(=O)N[C@@H](CCCN=C(N)N)C(=O)N[C@@H](CCCN=C(N)N)C(N)=O)C(C)C)cc1. The van der Waals surface area contributed by atoms with Gasteiger partial charge in [0.05, 0.1) is 19.4 Å². The van der Waals surface area contributed by atoms with Crippen LogP contribution in [0.4, 0.5) is 4.39 Å². The molecule has 1 aliphatic heterocycles. The lowest BCUT2D eigenvalue weighted by atomic mass is 9.99. The summed E-state index contributed by atoms with van der Waals surface area (Å²) in [5.74, 6) is -9.21. The van der Waals surface area contributed by atoms with Crippen molar-refractivity contribution in [3.05, 3.63) is 101 Å². The van der Waals surface area contributed by atoms with Crippen molar-refractivity contribution in [2.24, 2.45) is 50.3 Å². The minimum Gasteiger partial charge on any atom is -0.494 e. The fourth-order valence-electron chi connectivity index (χ4n) is 9.48. The maximum absolute atomic E-state index is 14.5. The van der Waals surface area contributed by atoms with Gasteiger partial charge in [0.25, 0.3) is 0 Å². The predicted octanol–water partition coefficient (Wildman–Crippen LogP) is -1.52. The molecule has 4 rings (SSSR count). The summed E-state index contributed by atoms with van der Waals surface area (Å²) in [4.78, 5) is 147. The van der Waals surface area contributed by atoms with E-state index in [2.05, 4.69) is 47.2 Å². The molecule has 0 spiro atoms. The molecule has 1 aliphatic rings. The van der Waals surface area contributed by atoms with E-state index in [0.717, 1.165) is 5.56 Å². The lowest BCUT2D eigenvalue weighted by molar-refractivity contribution is -0.143. The number of aryl methyl sites for hydroxylation is 1. The Morgan fingerprint density at radius 3 is 1.63 bits per heavy atom. The van der Waals surface area contributed by atoms with Crippen LogP contribution in [-0.4, -0.2) is 150 Å². The Hall–Kier alpha value is -9.37. The topological polar surface area (TPSA) is 448 Å². The average Bonchev–Trinajstić information content (AvgIpc) is 3.39. The van der Waals surface area contributed by atoms with Gasteiger partial charge in [-0.05, 0) is 106 Å². The smallest absolute Gasteiger partial charge is 0.245 e. The largest absolute Gasteiger partial charge is 0.494 e. The van der Waals surface area contributed by atoms with Crippen molar-refractivity contribution in [1.29, 1.82) is 0 Å². The lowest BCUT2D eigenvalue weighted by Crippen LogP contribution is -2.61. The highest BCUT2D eigenvalue weighted by Gasteiger charge is 2.40. The fraction of sp³-hybridized carbons (Fsp3) is 0.492. The molecule has 0 aliphatic carbocycles. The number of nitrogens with one attached hydrogen (secondary N) is 7. The van der Waals surface area contributed by atoms with E-state index in [1.54, 1.807) is 57.2 Å². The van der Waals surface area contributed by atoms with Gasteiger partial charge in [0.15, 0.2) is 11.9 Å². The van der Waals surface area contributed by atoms with E-state index < -0.39 is 126 Å². The van der Waals surface area contributed by atoms with Gasteiger partial charge in [-0.3, -0.25) is 57.9 Å². The second-order valence-corrected chi connectivity index (χ2v) is 21.5. The third-order valence-corrected chi connectivity index (χ3v) is 14.1. The summed E-state index contributed by atoms with van der Waals surface area (Å²) in [6, 6.07) is 8.66. The van der Waals surface area contributed by atoms with Crippen LogP contribution >= 0.6 is 0 Å². The van der Waals surface area contributed by atoms with E-state index in [1.165, 1.54) is 29.2 Å². The van der Waals surface area contributed by atoms with E-state index in [-0.39, 0.29) is 89.3 Å². The van der Waals surface area contributed by atoms with Crippen LogP contribution in [0, 0.1) is 18.7 Å². The van der Waals surface area contributed by atoms with Crippen molar-refractivity contribution in [3.63, 3.8) is 0 Å². The number of carbonyl (C=O) groups excluding carboxylic acids is 10. The minimum absolute atomic E-state index is 0.00720. The van der Waals surface area contributed by atoms with Gasteiger partial charge in [-0.25, -0.2) is 4.39 Å². The Balaban J connectivity index is 1.54. The maximum atomic E-state index is 14.5. The van der Waals surface area contributed by atoms with Crippen molar-refractivity contribution >= 4 is 71.0 Å². The highest BCUT2D eigenvalue weighted by atomic mass is 19.1. The molecule has 87 heavy (non-hydrogen) atoms. The number of primary amides is 2. The zero-order valence-electron chi connectivity index (χ0n) is 49.9. The molecule has 0 saturated carbocycles. The van der Waals surface area contributed by atoms with E-state index in [0.29, 0.717) is 35.5 Å². The first kappa shape index (κ1) is 70.1. The van der Waals surface area contributed by atoms with Gasteiger partial charge in [0.1, 0.15) is 59.9 Å². The van der Waals surface area contributed by atoms with Crippen LogP contribution in [0.25, 0.3) is 0 Å². The molecule has 0 radical (unpaired) electrons. The van der Waals surface area contributed by atoms with Crippen molar-refractivity contribution < 1.29 is 57.1 Å². The first-order valence-electron chi connectivity index (χ1n) is 28.9. The molecule has 3 aromatic carbocycles. The second-order valence-electron chi connectivity index (χ2n) is 21.5. The molecule has 474 valence electrons. The molecule has 0 unspecified atom stereocenters. The summed E-state index contributed by atoms with van der Waals surface area (Å²) in [7, 11) is 0. The Morgan fingerprint density at radius 2 is 1.09 bits per heavy atom. The second kappa shape index (κ2) is 35.2. The molecule has 28 heteroatoms. The standard InChI is InChI=1S/C59H85FN16O11/c1-6-40(57(86)76-28-10-13-46(76)55(84)72-42(12-9-27-68-59(65)66)51(80)71-41(50(62)79)11-8-26-67-58(63)64)70-53(82)45(32-47(61)77)74-56(85)49(33(3)4)75-54(83)44(30-35-18-22-38(60)23-19-35)73-52(81)43(29-36-20-24-39(25-21-36)87-7-2)69-48(78)31-37-16-14-34(5)15-17-37/h14-25,33,40-46,49H,6-13,26-32H2,1-5H3,(H2,61,77)(H2,62,79)(H,69,78)(H,70,82)(H,71,80)(H,72,84)(H,73,81)(H,74,85)(H,75,83)(H4,63,64,67)(H4,65,66,68)/t40-,41-,42-,43+,44-,45-,46-,49-/m0/s1. The monoisotopic (exact) mass is 1210 g/mol. The molecule has 8 atom stereocenters. The van der Waals surface area contributed by atoms with Gasteiger partial charge in [-0.1, -0.05) is 74.9 Å². The molecule has 10 amide bonds. The number of rotatable bonds is 35. The van der Waals surface area contributed by atoms with Gasteiger partial charge in [0, 0.05) is 32.5 Å². The number of nitrogens with two attached hydrogens (primary N) is 6. The summed E-state index contributed by atoms with van der Waals surface area (Å²) < 4.78 is 19.7. The number of ether oxygens (including phenoxy) is 1. The van der Waals surface area contributed by atoms with Crippen LogP contribution in [-0.2, 0) is 67.2 Å². The van der Waals surface area contributed by atoms with Gasteiger partial charge in [0.2, 0.25) is 59.1 Å². The van der Waals surface area contributed by atoms with Crippen LogP contribution in [0.15, 0.2) is 82.8 Å². The molecule has 0 bridgehead atoms. The minimum atomic E-state index is -1.71. The summed E-state index contributed by atoms with van der Waals surface area (Å²) in [6.07, 6.45) is -0.0556. The zero-order valence-corrected chi connectivity index (χ0v) is 49.9. The van der Waals surface area contributed by atoms with Gasteiger partial charge < -0.3 is 81.3 Å². The van der Waals surface area contributed by atoms with Crippen LogP contribution in [0.2, 0.25) is 0 Å². The summed E-state index contributed by atoms with van der Waals surface area (Å²) in [5, 5.41) is 18.5. The van der Waals surface area contributed by atoms with E-state index in [4.69, 9.17) is 39.1 Å². The molecule has 0 aromatic heterocycles. The van der Waals surface area contributed by atoms with Gasteiger partial charge >= 0.3 is 0 Å². The summed E-state index contributed by atoms with van der Waals surface area (Å²) in [6.45, 7) is 9.20. The molecule has 27 nitrogen and oxygen atoms in total. The molecule has 1 heterocycles. The number of benzene rings is 3. The Labute approximate surface area is 505 Å². The number of halogens is 1. The van der Waals surface area contributed by atoms with Crippen LogP contribution in [0.1, 0.15) is 101 Å². The predicted molar refractivity (Wildman–Crippen MR) is 323 cm³/mol.